The summed E-state index contributed by atoms with van der Waals surface area (Å²) >= 11 is 1.64. The van der Waals surface area contributed by atoms with Gasteiger partial charge in [-0.3, -0.25) is 4.79 Å². The van der Waals surface area contributed by atoms with Crippen molar-refractivity contribution in [2.24, 2.45) is 0 Å². The highest BCUT2D eigenvalue weighted by atomic mass is 32.1. The Bertz CT molecular complexity index is 849. The average Bonchev–Trinajstić information content (AvgIpc) is 3.30. The smallest absolute Gasteiger partial charge is 0.247 e. The fourth-order valence-corrected chi connectivity index (χ4v) is 3.86. The minimum absolute atomic E-state index is 0.0320. The van der Waals surface area contributed by atoms with Crippen molar-refractivity contribution in [1.29, 1.82) is 0 Å². The molecule has 1 unspecified atom stereocenters. The summed E-state index contributed by atoms with van der Waals surface area (Å²) in [5, 5.41) is 2.02. The van der Waals surface area contributed by atoms with Gasteiger partial charge in [-0.05, 0) is 35.2 Å². The van der Waals surface area contributed by atoms with E-state index in [9.17, 15) is 4.79 Å². The maximum atomic E-state index is 12.8. The lowest BCUT2D eigenvalue weighted by atomic mass is 10.00. The molecule has 0 N–H and O–H groups in total. The summed E-state index contributed by atoms with van der Waals surface area (Å²) in [5.74, 6) is 0.0599. The lowest BCUT2D eigenvalue weighted by Crippen LogP contribution is -2.41. The van der Waals surface area contributed by atoms with Crippen LogP contribution in [0.4, 0.5) is 0 Å². The third kappa shape index (κ3) is 2.81. The van der Waals surface area contributed by atoms with Crippen molar-refractivity contribution >= 4 is 23.3 Å². The van der Waals surface area contributed by atoms with Crippen LogP contribution in [0.3, 0.4) is 0 Å². The van der Waals surface area contributed by atoms with Crippen molar-refractivity contribution in [3.8, 4) is 0 Å². The van der Waals surface area contributed by atoms with Gasteiger partial charge in [0.1, 0.15) is 0 Å². The molecule has 3 heterocycles. The number of fused-ring (bicyclic) bond motifs is 1. The van der Waals surface area contributed by atoms with E-state index >= 15 is 0 Å². The van der Waals surface area contributed by atoms with E-state index in [0.29, 0.717) is 0 Å². The minimum Gasteiger partial charge on any atom is -0.348 e. The molecule has 0 bridgehead atoms. The van der Waals surface area contributed by atoms with Crippen LogP contribution in [0.1, 0.15) is 22.2 Å². The zero-order chi connectivity index (χ0) is 16.4. The molecule has 3 nitrogen and oxygen atoms in total. The van der Waals surface area contributed by atoms with E-state index in [0.717, 1.165) is 23.5 Å². The number of amides is 1. The van der Waals surface area contributed by atoms with Gasteiger partial charge in [-0.25, -0.2) is 0 Å². The van der Waals surface area contributed by atoms with E-state index in [4.69, 9.17) is 0 Å². The normalized spacial score (nSPS) is 17.2. The molecule has 4 heteroatoms. The number of carbonyl (C=O) groups excluding carboxylic acids is 1. The molecule has 0 aliphatic carbocycles. The lowest BCUT2D eigenvalue weighted by Gasteiger charge is -2.36. The molecule has 1 atom stereocenters. The Labute approximate surface area is 145 Å². The number of thiophene rings is 1. The Kier molecular flexibility index (Phi) is 4.05. The fraction of sp³-hybridized carbons (Fsp3) is 0.150. The maximum absolute atomic E-state index is 12.8. The van der Waals surface area contributed by atoms with Crippen LogP contribution in [0.5, 0.6) is 0 Å². The third-order valence-corrected chi connectivity index (χ3v) is 5.21. The van der Waals surface area contributed by atoms with Crippen molar-refractivity contribution in [1.82, 2.24) is 9.47 Å². The van der Waals surface area contributed by atoms with Crippen LogP contribution in [0, 0.1) is 0 Å². The summed E-state index contributed by atoms with van der Waals surface area (Å²) in [5.41, 5.74) is 2.32. The summed E-state index contributed by atoms with van der Waals surface area (Å²) < 4.78 is 2.24. The standard InChI is InChI=1S/C20H18N2OS/c23-19(11-10-17-8-5-15-24-17)22-14-13-21-12-4-9-18(21)20(22)16-6-2-1-3-7-16/h1-12,15,20H,13-14H2/b11-10+. The number of benzene rings is 1. The highest BCUT2D eigenvalue weighted by Crippen LogP contribution is 2.32. The Balaban J connectivity index is 1.67. The van der Waals surface area contributed by atoms with E-state index in [1.54, 1.807) is 17.4 Å². The van der Waals surface area contributed by atoms with Crippen LogP contribution in [0.15, 0.2) is 72.3 Å². The second-order valence-corrected chi connectivity index (χ2v) is 6.80. The third-order valence-electron chi connectivity index (χ3n) is 4.37. The summed E-state index contributed by atoms with van der Waals surface area (Å²) in [6.45, 7) is 1.55. The van der Waals surface area contributed by atoms with E-state index in [1.807, 2.05) is 46.7 Å². The quantitative estimate of drug-likeness (QED) is 0.659. The van der Waals surface area contributed by atoms with Crippen LogP contribution < -0.4 is 0 Å². The highest BCUT2D eigenvalue weighted by molar-refractivity contribution is 7.10. The molecule has 1 amide bonds. The fourth-order valence-electron chi connectivity index (χ4n) is 3.24. The molecule has 3 aromatic rings. The minimum atomic E-state index is -0.0320. The van der Waals surface area contributed by atoms with Crippen molar-refractivity contribution in [3.63, 3.8) is 0 Å². The summed E-state index contributed by atoms with van der Waals surface area (Å²) in [7, 11) is 0. The second-order valence-electron chi connectivity index (χ2n) is 5.82. The Morgan fingerprint density at radius 1 is 1.04 bits per heavy atom. The largest absolute Gasteiger partial charge is 0.348 e. The van der Waals surface area contributed by atoms with Crippen LogP contribution in [0.2, 0.25) is 0 Å². The Hall–Kier alpha value is -2.59. The molecule has 1 aromatic carbocycles. The van der Waals surface area contributed by atoms with Gasteiger partial charge in [0.2, 0.25) is 5.91 Å². The number of rotatable bonds is 3. The molecular formula is C20H18N2OS. The predicted octanol–water partition coefficient (Wildman–Crippen LogP) is 4.19. The van der Waals surface area contributed by atoms with Crippen molar-refractivity contribution in [2.45, 2.75) is 12.6 Å². The van der Waals surface area contributed by atoms with Crippen LogP contribution in [-0.4, -0.2) is 21.9 Å². The summed E-state index contributed by atoms with van der Waals surface area (Å²) in [4.78, 5) is 15.9. The first-order chi connectivity index (χ1) is 11.8. The molecule has 0 radical (unpaired) electrons. The van der Waals surface area contributed by atoms with Crippen LogP contribution >= 0.6 is 11.3 Å². The summed E-state index contributed by atoms with van der Waals surface area (Å²) in [6, 6.07) is 18.4. The van der Waals surface area contributed by atoms with Gasteiger partial charge in [0, 0.05) is 35.9 Å². The maximum Gasteiger partial charge on any atom is 0.247 e. The number of carbonyl (C=O) groups is 1. The average molecular weight is 334 g/mol. The Morgan fingerprint density at radius 2 is 1.92 bits per heavy atom. The lowest BCUT2D eigenvalue weighted by molar-refractivity contribution is -0.128. The topological polar surface area (TPSA) is 25.2 Å². The molecule has 0 saturated carbocycles. The number of hydrogen-bond donors (Lipinski definition) is 0. The summed E-state index contributed by atoms with van der Waals surface area (Å²) in [6.07, 6.45) is 5.69. The highest BCUT2D eigenvalue weighted by Gasteiger charge is 2.30. The van der Waals surface area contributed by atoms with E-state index in [-0.39, 0.29) is 11.9 Å². The molecule has 24 heavy (non-hydrogen) atoms. The van der Waals surface area contributed by atoms with Gasteiger partial charge in [-0.15, -0.1) is 11.3 Å². The molecule has 0 fully saturated rings. The molecule has 1 aliphatic rings. The molecule has 120 valence electrons. The van der Waals surface area contributed by atoms with Crippen molar-refractivity contribution < 1.29 is 4.79 Å². The monoisotopic (exact) mass is 334 g/mol. The first-order valence-electron chi connectivity index (χ1n) is 8.05. The first-order valence-corrected chi connectivity index (χ1v) is 8.93. The number of nitrogens with zero attached hydrogens (tertiary/aromatic N) is 2. The van der Waals surface area contributed by atoms with E-state index < -0.39 is 0 Å². The van der Waals surface area contributed by atoms with Crippen molar-refractivity contribution in [3.05, 3.63) is 88.4 Å². The van der Waals surface area contributed by atoms with Crippen LogP contribution in [-0.2, 0) is 11.3 Å². The zero-order valence-electron chi connectivity index (χ0n) is 13.2. The van der Waals surface area contributed by atoms with E-state index in [1.165, 1.54) is 5.69 Å². The molecule has 2 aromatic heterocycles. The molecule has 4 rings (SSSR count). The van der Waals surface area contributed by atoms with Gasteiger partial charge < -0.3 is 9.47 Å². The molecule has 0 spiro atoms. The first kappa shape index (κ1) is 15.0. The van der Waals surface area contributed by atoms with Gasteiger partial charge in [0.15, 0.2) is 0 Å². The second kappa shape index (κ2) is 6.49. The molecule has 1 aliphatic heterocycles. The number of hydrogen-bond acceptors (Lipinski definition) is 2. The predicted molar refractivity (Wildman–Crippen MR) is 97.8 cm³/mol. The zero-order valence-corrected chi connectivity index (χ0v) is 14.0. The van der Waals surface area contributed by atoms with E-state index in [2.05, 4.69) is 35.0 Å². The van der Waals surface area contributed by atoms with Gasteiger partial charge in [0.05, 0.1) is 6.04 Å². The van der Waals surface area contributed by atoms with Gasteiger partial charge >= 0.3 is 0 Å². The molecule has 0 saturated heterocycles. The van der Waals surface area contributed by atoms with Gasteiger partial charge in [-0.1, -0.05) is 36.4 Å². The Morgan fingerprint density at radius 3 is 2.71 bits per heavy atom. The van der Waals surface area contributed by atoms with Gasteiger partial charge in [0.25, 0.3) is 0 Å². The van der Waals surface area contributed by atoms with Crippen LogP contribution in [0.25, 0.3) is 6.08 Å². The van der Waals surface area contributed by atoms with Gasteiger partial charge in [-0.2, -0.15) is 0 Å². The SMILES string of the molecule is O=C(/C=C/c1cccs1)N1CCn2cccc2C1c1ccccc1. The number of aromatic nitrogens is 1. The van der Waals surface area contributed by atoms with Crippen molar-refractivity contribution in [2.75, 3.05) is 6.54 Å². The molecular weight excluding hydrogens is 316 g/mol.